The maximum absolute atomic E-state index is 12.7. The van der Waals surface area contributed by atoms with E-state index in [2.05, 4.69) is 4.98 Å². The summed E-state index contributed by atoms with van der Waals surface area (Å²) in [6.07, 6.45) is -3.18. The molecule has 1 aromatic heterocycles. The first kappa shape index (κ1) is 14.6. The number of rotatable bonds is 3. The van der Waals surface area contributed by atoms with E-state index in [0.29, 0.717) is 25.8 Å². The van der Waals surface area contributed by atoms with Gasteiger partial charge in [0.25, 0.3) is 0 Å². The Labute approximate surface area is 114 Å². The average molecular weight is 288 g/mol. The number of carbonyl (C=O) groups is 1. The van der Waals surface area contributed by atoms with Crippen LogP contribution in [0.1, 0.15) is 31.9 Å². The van der Waals surface area contributed by atoms with Crippen LogP contribution in [0.4, 0.5) is 19.0 Å². The summed E-state index contributed by atoms with van der Waals surface area (Å²) in [7, 11) is 0. The summed E-state index contributed by atoms with van der Waals surface area (Å²) in [5.41, 5.74) is -2.16. The van der Waals surface area contributed by atoms with Crippen molar-refractivity contribution < 1.29 is 23.1 Å². The van der Waals surface area contributed by atoms with Gasteiger partial charge in [0, 0.05) is 6.54 Å². The maximum atomic E-state index is 12.7. The quantitative estimate of drug-likeness (QED) is 0.929. The van der Waals surface area contributed by atoms with Gasteiger partial charge in [-0.1, -0.05) is 13.0 Å². The van der Waals surface area contributed by atoms with E-state index in [1.165, 1.54) is 17.0 Å². The van der Waals surface area contributed by atoms with Gasteiger partial charge in [-0.2, -0.15) is 13.2 Å². The van der Waals surface area contributed by atoms with Gasteiger partial charge in [0.2, 0.25) is 0 Å². The number of anilines is 1. The van der Waals surface area contributed by atoms with Crippen LogP contribution in [0.25, 0.3) is 0 Å². The highest BCUT2D eigenvalue weighted by Gasteiger charge is 2.47. The predicted molar refractivity (Wildman–Crippen MR) is 66.5 cm³/mol. The zero-order valence-corrected chi connectivity index (χ0v) is 10.9. The molecule has 1 aliphatic heterocycles. The van der Waals surface area contributed by atoms with Crippen molar-refractivity contribution >= 4 is 11.8 Å². The summed E-state index contributed by atoms with van der Waals surface area (Å²) in [5.74, 6) is -0.946. The van der Waals surface area contributed by atoms with Crippen molar-refractivity contribution in [2.75, 3.05) is 11.4 Å². The number of aromatic nitrogens is 1. The second-order valence-electron chi connectivity index (χ2n) is 4.82. The van der Waals surface area contributed by atoms with E-state index in [0.717, 1.165) is 6.07 Å². The summed E-state index contributed by atoms with van der Waals surface area (Å²) in [5, 5.41) is 9.43. The highest BCUT2D eigenvalue weighted by molar-refractivity contribution is 5.84. The van der Waals surface area contributed by atoms with Crippen molar-refractivity contribution in [2.45, 2.75) is 37.9 Å². The average Bonchev–Trinajstić information content (AvgIpc) is 2.83. The third-order valence-corrected chi connectivity index (χ3v) is 3.77. The molecule has 0 bridgehead atoms. The largest absolute Gasteiger partial charge is 0.479 e. The monoisotopic (exact) mass is 288 g/mol. The molecule has 1 N–H and O–H groups in total. The standard InChI is InChI=1S/C13H15F3N2O2/c1-2-12(11(19)20)7-4-8-18(12)10-6-3-5-9(17-10)13(14,15)16/h3,5-6H,2,4,7-8H2,1H3,(H,19,20). The molecule has 2 rings (SSSR count). The molecule has 20 heavy (non-hydrogen) atoms. The van der Waals surface area contributed by atoms with Crippen molar-refractivity contribution in [3.63, 3.8) is 0 Å². The van der Waals surface area contributed by atoms with Crippen LogP contribution in [0.15, 0.2) is 18.2 Å². The summed E-state index contributed by atoms with van der Waals surface area (Å²) in [4.78, 5) is 16.6. The zero-order valence-electron chi connectivity index (χ0n) is 10.9. The van der Waals surface area contributed by atoms with E-state index in [4.69, 9.17) is 0 Å². The SMILES string of the molecule is CCC1(C(=O)O)CCCN1c1cccc(C(F)(F)F)n1. The molecule has 0 saturated carbocycles. The molecule has 2 heterocycles. The van der Waals surface area contributed by atoms with Crippen LogP contribution in [-0.2, 0) is 11.0 Å². The van der Waals surface area contributed by atoms with E-state index in [-0.39, 0.29) is 5.82 Å². The van der Waals surface area contributed by atoms with Crippen molar-refractivity contribution in [3.05, 3.63) is 23.9 Å². The van der Waals surface area contributed by atoms with Gasteiger partial charge in [0.1, 0.15) is 17.1 Å². The summed E-state index contributed by atoms with van der Waals surface area (Å²) in [6.45, 7) is 2.12. The molecule has 110 valence electrons. The number of carboxylic acid groups (broad SMARTS) is 1. The van der Waals surface area contributed by atoms with Crippen molar-refractivity contribution in [1.82, 2.24) is 4.98 Å². The van der Waals surface area contributed by atoms with Crippen LogP contribution in [0, 0.1) is 0 Å². The number of carboxylic acids is 1. The second-order valence-corrected chi connectivity index (χ2v) is 4.82. The fourth-order valence-corrected chi connectivity index (χ4v) is 2.69. The maximum Gasteiger partial charge on any atom is 0.433 e. The Kier molecular flexibility index (Phi) is 3.62. The van der Waals surface area contributed by atoms with Crippen LogP contribution < -0.4 is 4.90 Å². The van der Waals surface area contributed by atoms with Crippen LogP contribution in [-0.4, -0.2) is 28.1 Å². The highest BCUT2D eigenvalue weighted by atomic mass is 19.4. The lowest BCUT2D eigenvalue weighted by Gasteiger charge is -2.35. The van der Waals surface area contributed by atoms with E-state index in [9.17, 15) is 23.1 Å². The Morgan fingerprint density at radius 3 is 2.75 bits per heavy atom. The smallest absolute Gasteiger partial charge is 0.433 e. The number of hydrogen-bond donors (Lipinski definition) is 1. The Balaban J connectivity index is 2.43. The Bertz CT molecular complexity index is 519. The predicted octanol–water partition coefficient (Wildman–Crippen LogP) is 2.93. The van der Waals surface area contributed by atoms with Crippen molar-refractivity contribution in [2.24, 2.45) is 0 Å². The molecule has 7 heteroatoms. The fourth-order valence-electron chi connectivity index (χ4n) is 2.69. The van der Waals surface area contributed by atoms with Gasteiger partial charge in [-0.3, -0.25) is 0 Å². The summed E-state index contributed by atoms with van der Waals surface area (Å²) < 4.78 is 38.1. The van der Waals surface area contributed by atoms with Crippen LogP contribution in [0.2, 0.25) is 0 Å². The first-order valence-electron chi connectivity index (χ1n) is 6.36. The molecule has 4 nitrogen and oxygen atoms in total. The second kappa shape index (κ2) is 4.96. The first-order valence-corrected chi connectivity index (χ1v) is 6.36. The molecule has 1 fully saturated rings. The minimum Gasteiger partial charge on any atom is -0.479 e. The lowest BCUT2D eigenvalue weighted by atomic mass is 9.93. The Morgan fingerprint density at radius 1 is 1.50 bits per heavy atom. The third-order valence-electron chi connectivity index (χ3n) is 3.77. The topological polar surface area (TPSA) is 53.4 Å². The molecular weight excluding hydrogens is 273 g/mol. The third kappa shape index (κ3) is 2.32. The number of pyridine rings is 1. The molecule has 1 aliphatic rings. The number of halogens is 3. The van der Waals surface area contributed by atoms with E-state index >= 15 is 0 Å². The summed E-state index contributed by atoms with van der Waals surface area (Å²) in [6, 6.07) is 3.56. The molecule has 1 unspecified atom stereocenters. The first-order chi connectivity index (χ1) is 9.31. The van der Waals surface area contributed by atoms with Gasteiger partial charge in [-0.25, -0.2) is 9.78 Å². The van der Waals surface area contributed by atoms with E-state index in [1.807, 2.05) is 0 Å². The fraction of sp³-hybridized carbons (Fsp3) is 0.538. The molecule has 1 saturated heterocycles. The van der Waals surface area contributed by atoms with Crippen molar-refractivity contribution in [3.8, 4) is 0 Å². The van der Waals surface area contributed by atoms with Gasteiger partial charge in [-0.15, -0.1) is 0 Å². The van der Waals surface area contributed by atoms with Gasteiger partial charge < -0.3 is 10.0 Å². The van der Waals surface area contributed by atoms with Crippen LogP contribution >= 0.6 is 0 Å². The van der Waals surface area contributed by atoms with Crippen LogP contribution in [0.3, 0.4) is 0 Å². The summed E-state index contributed by atoms with van der Waals surface area (Å²) >= 11 is 0. The molecule has 0 spiro atoms. The number of hydrogen-bond acceptors (Lipinski definition) is 3. The van der Waals surface area contributed by atoms with Crippen molar-refractivity contribution in [1.29, 1.82) is 0 Å². The molecule has 0 aliphatic carbocycles. The molecule has 1 aromatic rings. The molecule has 0 radical (unpaired) electrons. The molecular formula is C13H15F3N2O2. The number of nitrogens with zero attached hydrogens (tertiary/aromatic N) is 2. The number of aliphatic carboxylic acids is 1. The lowest BCUT2D eigenvalue weighted by molar-refractivity contribution is -0.143. The van der Waals surface area contributed by atoms with Gasteiger partial charge in [0.05, 0.1) is 0 Å². The Hall–Kier alpha value is -1.79. The molecule has 1 atom stereocenters. The zero-order chi connectivity index (χ0) is 15.0. The minimum atomic E-state index is -4.53. The van der Waals surface area contributed by atoms with Gasteiger partial charge in [-0.05, 0) is 31.4 Å². The minimum absolute atomic E-state index is 0.0709. The normalized spacial score (nSPS) is 23.1. The molecule has 0 amide bonds. The molecule has 0 aromatic carbocycles. The number of alkyl halides is 3. The van der Waals surface area contributed by atoms with Crippen LogP contribution in [0.5, 0.6) is 0 Å². The van der Waals surface area contributed by atoms with Gasteiger partial charge >= 0.3 is 12.1 Å². The Morgan fingerprint density at radius 2 is 2.20 bits per heavy atom. The van der Waals surface area contributed by atoms with E-state index < -0.39 is 23.4 Å². The van der Waals surface area contributed by atoms with Gasteiger partial charge in [0.15, 0.2) is 0 Å². The van der Waals surface area contributed by atoms with E-state index in [1.54, 1.807) is 6.92 Å². The highest BCUT2D eigenvalue weighted by Crippen LogP contribution is 2.37. The lowest BCUT2D eigenvalue weighted by Crippen LogP contribution is -2.50.